The molecule has 1 aromatic heterocycles. The summed E-state index contributed by atoms with van der Waals surface area (Å²) in [5.41, 5.74) is 3.30. The highest BCUT2D eigenvalue weighted by Crippen LogP contribution is 2.65. The maximum atomic E-state index is 11.4. The third-order valence-electron chi connectivity index (χ3n) is 8.57. The van der Waals surface area contributed by atoms with Crippen molar-refractivity contribution in [1.82, 2.24) is 15.0 Å². The predicted molar refractivity (Wildman–Crippen MR) is 107 cm³/mol. The van der Waals surface area contributed by atoms with Crippen LogP contribution < -0.4 is 0 Å². The topological polar surface area (TPSA) is 57.0 Å². The summed E-state index contributed by atoms with van der Waals surface area (Å²) in [5, 5.41) is 8.87. The minimum atomic E-state index is -0.145. The van der Waals surface area contributed by atoms with Crippen LogP contribution in [0.4, 0.5) is 0 Å². The number of carbonyl (C=O) groups excluding carboxylic acids is 1. The third kappa shape index (κ3) is 2.54. The lowest BCUT2D eigenvalue weighted by atomic mass is 9.48. The number of rotatable bonds is 2. The lowest BCUT2D eigenvalue weighted by Gasteiger charge is -2.57. The molecule has 5 rings (SSSR count). The molecule has 2 fully saturated rings. The molecule has 1 aromatic rings. The van der Waals surface area contributed by atoms with Gasteiger partial charge in [0, 0.05) is 18.8 Å². The van der Waals surface area contributed by atoms with Gasteiger partial charge in [-0.3, -0.25) is 4.79 Å². The monoisotopic (exact) mass is 381 g/mol. The second-order valence-electron chi connectivity index (χ2n) is 9.83. The standard InChI is InChI=1S/C23H31N3O2/c1-15(27)28-17-8-10-22(2)16(14-17)4-5-18-19-6-7-21(26-24-12-13-25-26)23(19,3)11-9-20(18)22/h4,7,12-13,17-20H,5-6,8-11,14H2,1-3H3/t17-,18?,19?,20?,22-,23?/m0/s1. The molecule has 0 amide bonds. The van der Waals surface area contributed by atoms with Crippen LogP contribution in [0.2, 0.25) is 0 Å². The van der Waals surface area contributed by atoms with Gasteiger partial charge in [0.15, 0.2) is 0 Å². The van der Waals surface area contributed by atoms with E-state index in [9.17, 15) is 4.79 Å². The van der Waals surface area contributed by atoms with E-state index < -0.39 is 0 Å². The minimum absolute atomic E-state index is 0.0767. The van der Waals surface area contributed by atoms with Crippen molar-refractivity contribution in [3.63, 3.8) is 0 Å². The molecule has 6 atom stereocenters. The van der Waals surface area contributed by atoms with E-state index in [4.69, 9.17) is 4.74 Å². The second-order valence-corrected chi connectivity index (χ2v) is 9.83. The van der Waals surface area contributed by atoms with Crippen molar-refractivity contribution in [3.05, 3.63) is 30.1 Å². The molecule has 0 aromatic carbocycles. The van der Waals surface area contributed by atoms with Crippen LogP contribution in [0.15, 0.2) is 30.1 Å². The molecule has 4 aliphatic carbocycles. The molecule has 0 saturated heterocycles. The van der Waals surface area contributed by atoms with Gasteiger partial charge in [0.2, 0.25) is 0 Å². The predicted octanol–water partition coefficient (Wildman–Crippen LogP) is 4.62. The number of hydrogen-bond donors (Lipinski definition) is 0. The Kier molecular flexibility index (Phi) is 4.08. The Hall–Kier alpha value is -1.91. The number of nitrogens with zero attached hydrogens (tertiary/aromatic N) is 3. The van der Waals surface area contributed by atoms with Gasteiger partial charge in [-0.15, -0.1) is 0 Å². The number of aromatic nitrogens is 3. The Balaban J connectivity index is 1.41. The molecule has 150 valence electrons. The van der Waals surface area contributed by atoms with E-state index >= 15 is 0 Å². The average molecular weight is 382 g/mol. The highest BCUT2D eigenvalue weighted by Gasteiger charge is 2.57. The summed E-state index contributed by atoms with van der Waals surface area (Å²) in [6.45, 7) is 6.45. The first kappa shape index (κ1) is 18.1. The van der Waals surface area contributed by atoms with Crippen LogP contribution in [0, 0.1) is 28.6 Å². The van der Waals surface area contributed by atoms with Crippen LogP contribution in [0.5, 0.6) is 0 Å². The molecule has 0 radical (unpaired) electrons. The Morgan fingerprint density at radius 3 is 2.57 bits per heavy atom. The molecule has 4 aliphatic rings. The second kappa shape index (κ2) is 6.30. The summed E-state index contributed by atoms with van der Waals surface area (Å²) in [6.07, 6.45) is 16.4. The van der Waals surface area contributed by atoms with Gasteiger partial charge in [0.1, 0.15) is 6.10 Å². The first-order valence-corrected chi connectivity index (χ1v) is 10.9. The number of allylic oxidation sites excluding steroid dienone is 3. The van der Waals surface area contributed by atoms with Crippen LogP contribution in [-0.4, -0.2) is 27.1 Å². The zero-order valence-corrected chi connectivity index (χ0v) is 17.2. The van der Waals surface area contributed by atoms with Crippen molar-refractivity contribution in [3.8, 4) is 0 Å². The Bertz CT molecular complexity index is 842. The van der Waals surface area contributed by atoms with Crippen LogP contribution in [-0.2, 0) is 9.53 Å². The molecule has 0 N–H and O–H groups in total. The fourth-order valence-corrected chi connectivity index (χ4v) is 7.16. The molecule has 2 saturated carbocycles. The smallest absolute Gasteiger partial charge is 0.302 e. The molecule has 1 heterocycles. The van der Waals surface area contributed by atoms with Gasteiger partial charge in [0.25, 0.3) is 0 Å². The minimum Gasteiger partial charge on any atom is -0.462 e. The van der Waals surface area contributed by atoms with Crippen molar-refractivity contribution in [2.75, 3.05) is 0 Å². The molecule has 4 unspecified atom stereocenters. The third-order valence-corrected chi connectivity index (χ3v) is 8.57. The number of hydrogen-bond acceptors (Lipinski definition) is 4. The highest BCUT2D eigenvalue weighted by atomic mass is 16.5. The molecular formula is C23H31N3O2. The van der Waals surface area contributed by atoms with Crippen LogP contribution in [0.3, 0.4) is 0 Å². The van der Waals surface area contributed by atoms with Gasteiger partial charge in [-0.2, -0.15) is 15.0 Å². The highest BCUT2D eigenvalue weighted by molar-refractivity contribution is 5.66. The normalized spacial score (nSPS) is 42.0. The van der Waals surface area contributed by atoms with Crippen LogP contribution in [0.25, 0.3) is 5.70 Å². The van der Waals surface area contributed by atoms with Crippen molar-refractivity contribution in [2.45, 2.75) is 71.8 Å². The fourth-order valence-electron chi connectivity index (χ4n) is 7.16. The van der Waals surface area contributed by atoms with E-state index in [0.29, 0.717) is 5.92 Å². The van der Waals surface area contributed by atoms with E-state index in [2.05, 4.69) is 36.2 Å². The van der Waals surface area contributed by atoms with Gasteiger partial charge >= 0.3 is 5.97 Å². The molecule has 0 spiro atoms. The van der Waals surface area contributed by atoms with E-state index in [1.54, 1.807) is 18.0 Å². The summed E-state index contributed by atoms with van der Waals surface area (Å²) in [5.74, 6) is 1.99. The number of esters is 1. The van der Waals surface area contributed by atoms with Gasteiger partial charge in [-0.1, -0.05) is 31.6 Å². The summed E-state index contributed by atoms with van der Waals surface area (Å²) < 4.78 is 5.56. The summed E-state index contributed by atoms with van der Waals surface area (Å²) in [6, 6.07) is 0. The molecule has 5 nitrogen and oxygen atoms in total. The molecule has 28 heavy (non-hydrogen) atoms. The zero-order valence-electron chi connectivity index (χ0n) is 17.2. The summed E-state index contributed by atoms with van der Waals surface area (Å²) in [4.78, 5) is 13.3. The Labute approximate surface area is 167 Å². The van der Waals surface area contributed by atoms with Gasteiger partial charge in [-0.05, 0) is 61.7 Å². The van der Waals surface area contributed by atoms with Crippen molar-refractivity contribution in [1.29, 1.82) is 0 Å². The van der Waals surface area contributed by atoms with E-state index in [1.165, 1.54) is 25.5 Å². The summed E-state index contributed by atoms with van der Waals surface area (Å²) in [7, 11) is 0. The van der Waals surface area contributed by atoms with E-state index in [-0.39, 0.29) is 22.9 Å². The van der Waals surface area contributed by atoms with Gasteiger partial charge in [0.05, 0.1) is 18.1 Å². The fraction of sp³-hybridized carbons (Fsp3) is 0.696. The molecular weight excluding hydrogens is 350 g/mol. The summed E-state index contributed by atoms with van der Waals surface area (Å²) >= 11 is 0. The zero-order chi connectivity index (χ0) is 19.5. The number of fused-ring (bicyclic) bond motifs is 5. The first-order valence-electron chi connectivity index (χ1n) is 10.9. The van der Waals surface area contributed by atoms with Gasteiger partial charge < -0.3 is 4.74 Å². The van der Waals surface area contributed by atoms with Crippen molar-refractivity contribution in [2.24, 2.45) is 28.6 Å². The van der Waals surface area contributed by atoms with Crippen molar-refractivity contribution < 1.29 is 9.53 Å². The first-order chi connectivity index (χ1) is 13.4. The SMILES string of the molecule is CC(=O)O[C@H]1CC[C@@]2(C)C(=CCC3C4CC=C(n5nccn5)C4(C)CCC32)C1. The van der Waals surface area contributed by atoms with Crippen LogP contribution >= 0.6 is 0 Å². The maximum absolute atomic E-state index is 11.4. The van der Waals surface area contributed by atoms with E-state index in [1.807, 2.05) is 4.80 Å². The Morgan fingerprint density at radius 1 is 1.07 bits per heavy atom. The molecule has 5 heteroatoms. The Morgan fingerprint density at radius 2 is 1.82 bits per heavy atom. The van der Waals surface area contributed by atoms with Crippen molar-refractivity contribution >= 4 is 11.7 Å². The number of ether oxygens (including phenoxy) is 1. The average Bonchev–Trinajstić information content (AvgIpc) is 3.28. The maximum Gasteiger partial charge on any atom is 0.302 e. The largest absolute Gasteiger partial charge is 0.462 e. The molecule has 0 aliphatic heterocycles. The van der Waals surface area contributed by atoms with Crippen LogP contribution in [0.1, 0.15) is 65.7 Å². The lowest BCUT2D eigenvalue weighted by molar-refractivity contribution is -0.148. The molecule has 0 bridgehead atoms. The van der Waals surface area contributed by atoms with Gasteiger partial charge in [-0.25, -0.2) is 0 Å². The number of carbonyl (C=O) groups is 1. The quantitative estimate of drug-likeness (QED) is 0.554. The lowest BCUT2D eigenvalue weighted by Crippen LogP contribution is -2.50. The van der Waals surface area contributed by atoms with E-state index in [0.717, 1.165) is 43.9 Å².